The second-order valence-electron chi connectivity index (χ2n) is 8.01. The normalized spacial score (nSPS) is 17.0. The van der Waals surface area contributed by atoms with Crippen molar-refractivity contribution < 1.29 is 28.5 Å². The lowest BCUT2D eigenvalue weighted by molar-refractivity contribution is -0.142. The smallest absolute Gasteiger partial charge is 0.313 e. The zero-order valence-corrected chi connectivity index (χ0v) is 19.9. The highest BCUT2D eigenvalue weighted by Gasteiger charge is 2.26. The van der Waals surface area contributed by atoms with Gasteiger partial charge in [0.05, 0.1) is 25.7 Å². The minimum atomic E-state index is -0.459. The Hall–Kier alpha value is -2.00. The number of carbonyl (C=O) groups is 2. The third-order valence-electron chi connectivity index (χ3n) is 5.99. The summed E-state index contributed by atoms with van der Waals surface area (Å²) in [6.07, 6.45) is 0.765. The van der Waals surface area contributed by atoms with Crippen molar-refractivity contribution in [3.05, 3.63) is 29.8 Å². The number of benzene rings is 1. The summed E-state index contributed by atoms with van der Waals surface area (Å²) in [5, 5.41) is 0. The Morgan fingerprint density at radius 1 is 0.938 bits per heavy atom. The van der Waals surface area contributed by atoms with Crippen molar-refractivity contribution in [3.8, 4) is 5.75 Å². The van der Waals surface area contributed by atoms with E-state index in [4.69, 9.17) is 14.2 Å². The van der Waals surface area contributed by atoms with Gasteiger partial charge in [-0.1, -0.05) is 25.1 Å². The van der Waals surface area contributed by atoms with Crippen molar-refractivity contribution in [2.24, 2.45) is 0 Å². The molecule has 1 aromatic carbocycles. The molecule has 1 aliphatic heterocycles. The predicted molar refractivity (Wildman–Crippen MR) is 122 cm³/mol. The van der Waals surface area contributed by atoms with Gasteiger partial charge in [0.1, 0.15) is 5.75 Å². The zero-order valence-electron chi connectivity index (χ0n) is 19.9. The van der Waals surface area contributed by atoms with Crippen LogP contribution in [0.1, 0.15) is 38.2 Å². The first kappa shape index (κ1) is 26.3. The van der Waals surface area contributed by atoms with Crippen LogP contribution in [0.15, 0.2) is 24.3 Å². The van der Waals surface area contributed by atoms with Crippen LogP contribution < -0.4 is 4.74 Å². The summed E-state index contributed by atoms with van der Waals surface area (Å²) < 4.78 is 21.4. The van der Waals surface area contributed by atoms with Gasteiger partial charge in [0.25, 0.3) is 0 Å². The molecule has 0 amide bonds. The molecule has 1 heterocycles. The number of carbonyl (C=O) groups excluding carboxylic acids is 2. The summed E-state index contributed by atoms with van der Waals surface area (Å²) in [5.41, 5.74) is 1.00. The van der Waals surface area contributed by atoms with Crippen LogP contribution in [-0.2, 0) is 30.3 Å². The van der Waals surface area contributed by atoms with Gasteiger partial charge in [-0.05, 0) is 25.5 Å². The van der Waals surface area contributed by atoms with Gasteiger partial charge in [0.2, 0.25) is 0 Å². The predicted octanol–water partition coefficient (Wildman–Crippen LogP) is 2.49. The van der Waals surface area contributed by atoms with Gasteiger partial charge >= 0.3 is 11.9 Å². The summed E-state index contributed by atoms with van der Waals surface area (Å²) in [6.45, 7) is 8.14. The number of piperazine rings is 1. The van der Waals surface area contributed by atoms with Crippen molar-refractivity contribution in [2.45, 2.75) is 51.4 Å². The van der Waals surface area contributed by atoms with Gasteiger partial charge < -0.3 is 23.8 Å². The van der Waals surface area contributed by atoms with E-state index in [0.29, 0.717) is 25.0 Å². The largest absolute Gasteiger partial charge is 0.469 e. The molecule has 180 valence electrons. The number of para-hydroxylation sites is 1. The minimum Gasteiger partial charge on any atom is -0.469 e. The van der Waals surface area contributed by atoms with Crippen LogP contribution in [0.2, 0.25) is 0 Å². The molecule has 0 aliphatic carbocycles. The third-order valence-corrected chi connectivity index (χ3v) is 5.99. The van der Waals surface area contributed by atoms with Crippen molar-refractivity contribution in [1.82, 2.24) is 9.80 Å². The maximum absolute atomic E-state index is 12.7. The summed E-state index contributed by atoms with van der Waals surface area (Å²) in [7, 11) is 4.50. The zero-order chi connectivity index (χ0) is 23.3. The Morgan fingerprint density at radius 3 is 2.22 bits per heavy atom. The van der Waals surface area contributed by atoms with Crippen molar-refractivity contribution in [2.75, 3.05) is 54.1 Å². The minimum absolute atomic E-state index is 0.0662. The molecule has 1 aromatic rings. The molecule has 0 spiro atoms. The van der Waals surface area contributed by atoms with Gasteiger partial charge in [-0.25, -0.2) is 0 Å². The first-order valence-corrected chi connectivity index (χ1v) is 11.4. The first-order chi connectivity index (χ1) is 15.5. The quantitative estimate of drug-likeness (QED) is 0.335. The van der Waals surface area contributed by atoms with Gasteiger partial charge in [0, 0.05) is 58.9 Å². The van der Waals surface area contributed by atoms with Crippen LogP contribution in [0.4, 0.5) is 0 Å². The van der Waals surface area contributed by atoms with Crippen LogP contribution in [-0.4, -0.2) is 88.0 Å². The summed E-state index contributed by atoms with van der Waals surface area (Å²) >= 11 is 0. The Balaban J connectivity index is 1.91. The van der Waals surface area contributed by atoms with Crippen LogP contribution in [0, 0.1) is 0 Å². The fraction of sp³-hybridized carbons (Fsp3) is 0.667. The Kier molecular flexibility index (Phi) is 11.7. The molecule has 0 N–H and O–H groups in total. The number of ether oxygens (including phenoxy) is 4. The standard InChI is InChI=1S/C24H38N2O6/c1-5-25-13-15-26(16-14-25)18-19-9-6-7-10-20(19)32-24(28)17-22(30-3)21(29-2)11-8-12-23(27)31-4/h6-7,9-10,21-22H,5,8,11-18H2,1-4H3. The lowest BCUT2D eigenvalue weighted by Gasteiger charge is -2.34. The van der Waals surface area contributed by atoms with Crippen LogP contribution >= 0.6 is 0 Å². The monoisotopic (exact) mass is 450 g/mol. The number of methoxy groups -OCH3 is 3. The number of likely N-dealkylation sites (N-methyl/N-ethyl adjacent to an activating group) is 1. The number of rotatable bonds is 13. The average molecular weight is 451 g/mol. The fourth-order valence-corrected chi connectivity index (χ4v) is 3.94. The highest BCUT2D eigenvalue weighted by atomic mass is 16.5. The van der Waals surface area contributed by atoms with Crippen LogP contribution in [0.25, 0.3) is 0 Å². The number of hydrogen-bond acceptors (Lipinski definition) is 8. The van der Waals surface area contributed by atoms with Gasteiger partial charge in [0.15, 0.2) is 0 Å². The van der Waals surface area contributed by atoms with E-state index in [0.717, 1.165) is 44.8 Å². The Morgan fingerprint density at radius 2 is 1.59 bits per heavy atom. The lowest BCUT2D eigenvalue weighted by Crippen LogP contribution is -2.45. The highest BCUT2D eigenvalue weighted by Crippen LogP contribution is 2.22. The maximum Gasteiger partial charge on any atom is 0.313 e. The van der Waals surface area contributed by atoms with E-state index in [1.165, 1.54) is 7.11 Å². The summed E-state index contributed by atoms with van der Waals surface area (Å²) in [4.78, 5) is 28.9. The van der Waals surface area contributed by atoms with E-state index in [1.54, 1.807) is 14.2 Å². The molecule has 0 saturated carbocycles. The summed E-state index contributed by atoms with van der Waals surface area (Å²) in [6, 6.07) is 7.68. The van der Waals surface area contributed by atoms with E-state index in [9.17, 15) is 9.59 Å². The van der Waals surface area contributed by atoms with Crippen molar-refractivity contribution >= 4 is 11.9 Å². The molecule has 0 bridgehead atoms. The van der Waals surface area contributed by atoms with Crippen LogP contribution in [0.5, 0.6) is 5.75 Å². The molecule has 1 aliphatic rings. The highest BCUT2D eigenvalue weighted by molar-refractivity contribution is 5.73. The lowest BCUT2D eigenvalue weighted by atomic mass is 10.0. The van der Waals surface area contributed by atoms with E-state index in [2.05, 4.69) is 21.5 Å². The maximum atomic E-state index is 12.7. The van der Waals surface area contributed by atoms with Crippen molar-refractivity contribution in [1.29, 1.82) is 0 Å². The number of esters is 2. The second-order valence-corrected chi connectivity index (χ2v) is 8.01. The van der Waals surface area contributed by atoms with Crippen molar-refractivity contribution in [3.63, 3.8) is 0 Å². The van der Waals surface area contributed by atoms with Crippen LogP contribution in [0.3, 0.4) is 0 Å². The molecule has 8 heteroatoms. The molecular weight excluding hydrogens is 412 g/mol. The molecule has 2 unspecified atom stereocenters. The topological polar surface area (TPSA) is 77.5 Å². The van der Waals surface area contributed by atoms with Gasteiger partial charge in [-0.15, -0.1) is 0 Å². The third kappa shape index (κ3) is 8.50. The number of nitrogens with zero attached hydrogens (tertiary/aromatic N) is 2. The molecule has 1 saturated heterocycles. The molecule has 1 fully saturated rings. The summed E-state index contributed by atoms with van der Waals surface area (Å²) in [5.74, 6) is -0.0407. The van der Waals surface area contributed by atoms with Gasteiger partial charge in [-0.3, -0.25) is 14.5 Å². The van der Waals surface area contributed by atoms with Gasteiger partial charge in [-0.2, -0.15) is 0 Å². The molecule has 0 aromatic heterocycles. The molecule has 2 atom stereocenters. The van der Waals surface area contributed by atoms with E-state index in [1.807, 2.05) is 24.3 Å². The molecule has 32 heavy (non-hydrogen) atoms. The van der Waals surface area contributed by atoms with E-state index in [-0.39, 0.29) is 24.5 Å². The average Bonchev–Trinajstić information content (AvgIpc) is 2.82. The fourth-order valence-electron chi connectivity index (χ4n) is 3.94. The Bertz CT molecular complexity index is 705. The molecular formula is C24H38N2O6. The Labute approximate surface area is 191 Å². The number of hydrogen-bond donors (Lipinski definition) is 0. The molecule has 0 radical (unpaired) electrons. The SMILES string of the molecule is CCN1CCN(Cc2ccccc2OC(=O)CC(OC)C(CCCC(=O)OC)OC)CC1. The first-order valence-electron chi connectivity index (χ1n) is 11.4. The molecule has 2 rings (SSSR count). The van der Waals surface area contributed by atoms with E-state index >= 15 is 0 Å². The van der Waals surface area contributed by atoms with E-state index < -0.39 is 6.10 Å². The second kappa shape index (κ2) is 14.2. The molecule has 8 nitrogen and oxygen atoms in total.